The van der Waals surface area contributed by atoms with Crippen LogP contribution in [0.2, 0.25) is 0 Å². The van der Waals surface area contributed by atoms with Gasteiger partial charge in [-0.15, -0.1) is 0 Å². The average molecular weight is 214 g/mol. The van der Waals surface area contributed by atoms with Gasteiger partial charge in [0.1, 0.15) is 0 Å². The van der Waals surface area contributed by atoms with E-state index in [0.717, 1.165) is 6.42 Å². The fraction of sp³-hybridized carbons (Fsp3) is 0.500. The number of aliphatic carboxylic acids is 1. The quantitative estimate of drug-likeness (QED) is 0.787. The van der Waals surface area contributed by atoms with Gasteiger partial charge in [0, 0.05) is 0 Å². The summed E-state index contributed by atoms with van der Waals surface area (Å²) >= 11 is 1.63. The molecule has 0 aliphatic rings. The largest absolute Gasteiger partial charge is 0.479 e. The molecule has 78 valence electrons. The zero-order valence-electron chi connectivity index (χ0n) is 8.06. The second-order valence-electron chi connectivity index (χ2n) is 3.56. The van der Waals surface area contributed by atoms with Gasteiger partial charge in [-0.05, 0) is 48.6 Å². The number of carboxylic acid groups (broad SMARTS) is 1. The SMILES string of the molecule is CC(O)(CCCc1ccsc1)C(=O)O. The number of hydrogen-bond donors (Lipinski definition) is 2. The third-order valence-electron chi connectivity index (χ3n) is 2.17. The lowest BCUT2D eigenvalue weighted by Gasteiger charge is -2.16. The van der Waals surface area contributed by atoms with E-state index in [2.05, 4.69) is 0 Å². The van der Waals surface area contributed by atoms with Crippen LogP contribution < -0.4 is 0 Å². The number of aryl methyl sites for hydroxylation is 1. The van der Waals surface area contributed by atoms with Gasteiger partial charge < -0.3 is 10.2 Å². The Morgan fingerprint density at radius 2 is 2.36 bits per heavy atom. The number of carboxylic acids is 1. The first-order valence-electron chi connectivity index (χ1n) is 4.49. The Balaban J connectivity index is 2.31. The summed E-state index contributed by atoms with van der Waals surface area (Å²) in [6.07, 6.45) is 1.81. The maximum atomic E-state index is 10.6. The van der Waals surface area contributed by atoms with Gasteiger partial charge in [0.15, 0.2) is 5.60 Å². The van der Waals surface area contributed by atoms with E-state index in [4.69, 9.17) is 5.11 Å². The van der Waals surface area contributed by atoms with Gasteiger partial charge in [-0.3, -0.25) is 0 Å². The van der Waals surface area contributed by atoms with Crippen molar-refractivity contribution in [2.24, 2.45) is 0 Å². The third kappa shape index (κ3) is 3.12. The second kappa shape index (κ2) is 4.57. The van der Waals surface area contributed by atoms with Crippen LogP contribution in [0.3, 0.4) is 0 Å². The summed E-state index contributed by atoms with van der Waals surface area (Å²) < 4.78 is 0. The summed E-state index contributed by atoms with van der Waals surface area (Å²) in [5.41, 5.74) is -0.382. The molecule has 0 amide bonds. The van der Waals surface area contributed by atoms with E-state index >= 15 is 0 Å². The zero-order valence-corrected chi connectivity index (χ0v) is 8.88. The van der Waals surface area contributed by atoms with Crippen molar-refractivity contribution in [3.8, 4) is 0 Å². The topological polar surface area (TPSA) is 57.5 Å². The highest BCUT2D eigenvalue weighted by atomic mass is 32.1. The molecule has 0 aromatic carbocycles. The molecule has 3 nitrogen and oxygen atoms in total. The highest BCUT2D eigenvalue weighted by Crippen LogP contribution is 2.16. The third-order valence-corrected chi connectivity index (χ3v) is 2.90. The maximum absolute atomic E-state index is 10.6. The van der Waals surface area contributed by atoms with Crippen LogP contribution in [0.4, 0.5) is 0 Å². The molecule has 1 rings (SSSR count). The van der Waals surface area contributed by atoms with Crippen molar-refractivity contribution in [2.45, 2.75) is 31.8 Å². The van der Waals surface area contributed by atoms with Crippen LogP contribution in [0.15, 0.2) is 16.8 Å². The minimum Gasteiger partial charge on any atom is -0.479 e. The number of thiophene rings is 1. The second-order valence-corrected chi connectivity index (χ2v) is 4.34. The molecule has 1 atom stereocenters. The number of rotatable bonds is 5. The van der Waals surface area contributed by atoms with E-state index < -0.39 is 11.6 Å². The number of aliphatic hydroxyl groups is 1. The van der Waals surface area contributed by atoms with Crippen LogP contribution in [-0.4, -0.2) is 21.8 Å². The van der Waals surface area contributed by atoms with Gasteiger partial charge in [0.25, 0.3) is 0 Å². The molecule has 0 bridgehead atoms. The summed E-state index contributed by atoms with van der Waals surface area (Å²) in [5.74, 6) is -1.15. The molecule has 0 aliphatic heterocycles. The fourth-order valence-corrected chi connectivity index (χ4v) is 1.88. The summed E-state index contributed by atoms with van der Waals surface area (Å²) in [6, 6.07) is 2.01. The van der Waals surface area contributed by atoms with Crippen LogP contribution in [0, 0.1) is 0 Å². The molecule has 0 spiro atoms. The average Bonchev–Trinajstić information content (AvgIpc) is 2.56. The highest BCUT2D eigenvalue weighted by Gasteiger charge is 2.28. The van der Waals surface area contributed by atoms with Gasteiger partial charge in [-0.25, -0.2) is 4.79 Å². The van der Waals surface area contributed by atoms with E-state index in [1.807, 2.05) is 16.8 Å². The van der Waals surface area contributed by atoms with Gasteiger partial charge in [0.05, 0.1) is 0 Å². The summed E-state index contributed by atoms with van der Waals surface area (Å²) in [6.45, 7) is 1.34. The van der Waals surface area contributed by atoms with Crippen molar-refractivity contribution in [3.05, 3.63) is 22.4 Å². The smallest absolute Gasteiger partial charge is 0.335 e. The molecular weight excluding hydrogens is 200 g/mol. The van der Waals surface area contributed by atoms with Crippen molar-refractivity contribution in [3.63, 3.8) is 0 Å². The van der Waals surface area contributed by atoms with Gasteiger partial charge in [-0.2, -0.15) is 11.3 Å². The highest BCUT2D eigenvalue weighted by molar-refractivity contribution is 7.07. The van der Waals surface area contributed by atoms with E-state index in [-0.39, 0.29) is 6.42 Å². The minimum absolute atomic E-state index is 0.290. The van der Waals surface area contributed by atoms with Gasteiger partial charge in [-0.1, -0.05) is 0 Å². The Morgan fingerprint density at radius 1 is 1.64 bits per heavy atom. The van der Waals surface area contributed by atoms with Crippen LogP contribution in [0.5, 0.6) is 0 Å². The molecule has 0 radical (unpaired) electrons. The first-order chi connectivity index (χ1) is 6.52. The molecule has 0 saturated heterocycles. The predicted molar refractivity (Wildman–Crippen MR) is 55.5 cm³/mol. The molecular formula is C10H14O3S. The van der Waals surface area contributed by atoms with Crippen molar-refractivity contribution in [2.75, 3.05) is 0 Å². The lowest BCUT2D eigenvalue weighted by Crippen LogP contribution is -2.34. The molecule has 1 aromatic heterocycles. The first kappa shape index (κ1) is 11.2. The molecule has 0 fully saturated rings. The Bertz CT molecular complexity index is 290. The molecule has 1 unspecified atom stereocenters. The van der Waals surface area contributed by atoms with Crippen LogP contribution in [0.1, 0.15) is 25.3 Å². The lowest BCUT2D eigenvalue weighted by atomic mass is 9.98. The fourth-order valence-electron chi connectivity index (χ4n) is 1.18. The van der Waals surface area contributed by atoms with Crippen molar-refractivity contribution in [1.29, 1.82) is 0 Å². The monoisotopic (exact) mass is 214 g/mol. The van der Waals surface area contributed by atoms with Crippen LogP contribution in [0.25, 0.3) is 0 Å². The molecule has 4 heteroatoms. The van der Waals surface area contributed by atoms with Crippen LogP contribution >= 0.6 is 11.3 Å². The van der Waals surface area contributed by atoms with Gasteiger partial charge >= 0.3 is 5.97 Å². The Kier molecular flexibility index (Phi) is 3.66. The van der Waals surface area contributed by atoms with E-state index in [0.29, 0.717) is 6.42 Å². The van der Waals surface area contributed by atoms with Crippen molar-refractivity contribution in [1.82, 2.24) is 0 Å². The molecule has 1 aromatic rings. The Morgan fingerprint density at radius 3 is 2.86 bits per heavy atom. The normalized spacial score (nSPS) is 15.0. The number of hydrogen-bond acceptors (Lipinski definition) is 3. The standard InChI is InChI=1S/C10H14O3S/c1-10(13,9(11)12)5-2-3-8-4-6-14-7-8/h4,6-7,13H,2-3,5H2,1H3,(H,11,12). The molecule has 0 saturated carbocycles. The molecule has 0 aliphatic carbocycles. The summed E-state index contributed by atoms with van der Waals surface area (Å²) in [5, 5.41) is 22.1. The zero-order chi connectivity index (χ0) is 10.6. The summed E-state index contributed by atoms with van der Waals surface area (Å²) in [4.78, 5) is 10.6. The number of carbonyl (C=O) groups is 1. The van der Waals surface area contributed by atoms with E-state index in [1.165, 1.54) is 12.5 Å². The van der Waals surface area contributed by atoms with Gasteiger partial charge in [0.2, 0.25) is 0 Å². The summed E-state index contributed by atoms with van der Waals surface area (Å²) in [7, 11) is 0. The van der Waals surface area contributed by atoms with Crippen molar-refractivity contribution < 1.29 is 15.0 Å². The predicted octanol–water partition coefficient (Wildman–Crippen LogP) is 1.91. The molecule has 1 heterocycles. The maximum Gasteiger partial charge on any atom is 0.335 e. The van der Waals surface area contributed by atoms with Crippen LogP contribution in [-0.2, 0) is 11.2 Å². The Hall–Kier alpha value is -0.870. The first-order valence-corrected chi connectivity index (χ1v) is 5.43. The molecule has 2 N–H and O–H groups in total. The van der Waals surface area contributed by atoms with E-state index in [9.17, 15) is 9.90 Å². The van der Waals surface area contributed by atoms with E-state index in [1.54, 1.807) is 11.3 Å². The Labute approximate surface area is 87.0 Å². The lowest BCUT2D eigenvalue weighted by molar-refractivity contribution is -0.157. The molecule has 14 heavy (non-hydrogen) atoms. The van der Waals surface area contributed by atoms with Crippen molar-refractivity contribution >= 4 is 17.3 Å². The minimum atomic E-state index is -1.59.